The molecule has 0 heterocycles. The second-order valence-corrected chi connectivity index (χ2v) is 9.49. The van der Waals surface area contributed by atoms with Crippen molar-refractivity contribution in [1.82, 2.24) is 0 Å². The van der Waals surface area contributed by atoms with Gasteiger partial charge in [0.15, 0.2) is 11.5 Å². The van der Waals surface area contributed by atoms with Crippen molar-refractivity contribution >= 4 is 65.5 Å². The van der Waals surface area contributed by atoms with E-state index < -0.39 is 5.91 Å². The van der Waals surface area contributed by atoms with Crippen LogP contribution in [0.2, 0.25) is 0 Å². The van der Waals surface area contributed by atoms with Gasteiger partial charge in [-0.05, 0) is 72.7 Å². The number of rotatable bonds is 8. The molecule has 0 radical (unpaired) electrons. The molecule has 33 heavy (non-hydrogen) atoms. The van der Waals surface area contributed by atoms with Crippen LogP contribution in [0.15, 0.2) is 79.7 Å². The number of halogens is 3. The Morgan fingerprint density at radius 2 is 1.58 bits per heavy atom. The van der Waals surface area contributed by atoms with Crippen molar-refractivity contribution in [3.05, 3.63) is 90.8 Å². The van der Waals surface area contributed by atoms with E-state index in [2.05, 4.69) is 53.1 Å². The molecule has 0 aliphatic heterocycles. The van der Waals surface area contributed by atoms with Gasteiger partial charge in [-0.3, -0.25) is 4.79 Å². The summed E-state index contributed by atoms with van der Waals surface area (Å²) in [4.78, 5) is 12.6. The highest BCUT2D eigenvalue weighted by Crippen LogP contribution is 2.35. The van der Waals surface area contributed by atoms with Crippen molar-refractivity contribution in [2.75, 3.05) is 11.9 Å². The zero-order valence-electron chi connectivity index (χ0n) is 17.6. The first-order valence-corrected chi connectivity index (χ1v) is 12.3. The molecule has 0 unspecified atom stereocenters. The van der Waals surface area contributed by atoms with E-state index in [-0.39, 0.29) is 5.57 Å². The summed E-state index contributed by atoms with van der Waals surface area (Å²) in [5, 5.41) is 12.3. The summed E-state index contributed by atoms with van der Waals surface area (Å²) in [6.45, 7) is 2.69. The number of nitriles is 1. The molecule has 3 rings (SSSR count). The van der Waals surface area contributed by atoms with Crippen molar-refractivity contribution in [3.8, 4) is 17.6 Å². The molecule has 1 N–H and O–H groups in total. The van der Waals surface area contributed by atoms with E-state index in [0.717, 1.165) is 14.5 Å². The summed E-state index contributed by atoms with van der Waals surface area (Å²) in [7, 11) is 0. The molecule has 0 fully saturated rings. The first-order valence-electron chi connectivity index (χ1n) is 9.92. The summed E-state index contributed by atoms with van der Waals surface area (Å²) in [5.41, 5.74) is 2.19. The lowest BCUT2D eigenvalue weighted by Crippen LogP contribution is -2.13. The van der Waals surface area contributed by atoms with Crippen LogP contribution in [0.4, 0.5) is 5.69 Å². The predicted molar refractivity (Wildman–Crippen MR) is 140 cm³/mol. The topological polar surface area (TPSA) is 71.3 Å². The summed E-state index contributed by atoms with van der Waals surface area (Å²) in [6, 6.07) is 20.5. The minimum Gasteiger partial charge on any atom is -0.490 e. The quantitative estimate of drug-likeness (QED) is 0.206. The molecule has 1 amide bonds. The lowest BCUT2D eigenvalue weighted by Gasteiger charge is -2.14. The van der Waals surface area contributed by atoms with Gasteiger partial charge in [-0.25, -0.2) is 0 Å². The normalized spacial score (nSPS) is 10.9. The van der Waals surface area contributed by atoms with Crippen LogP contribution in [0.1, 0.15) is 18.1 Å². The fourth-order valence-electron chi connectivity index (χ4n) is 2.82. The van der Waals surface area contributed by atoms with Crippen LogP contribution < -0.4 is 14.8 Å². The van der Waals surface area contributed by atoms with Gasteiger partial charge in [0.25, 0.3) is 5.91 Å². The second kappa shape index (κ2) is 12.0. The molecule has 3 aromatic rings. The molecule has 0 atom stereocenters. The third-order valence-corrected chi connectivity index (χ3v) is 6.18. The van der Waals surface area contributed by atoms with Crippen molar-refractivity contribution in [3.63, 3.8) is 0 Å². The zero-order chi connectivity index (χ0) is 23.8. The van der Waals surface area contributed by atoms with Crippen molar-refractivity contribution in [2.24, 2.45) is 0 Å². The third kappa shape index (κ3) is 7.19. The zero-order valence-corrected chi connectivity index (χ0v) is 22.3. The average molecular weight is 635 g/mol. The number of carbonyl (C=O) groups excluding carboxylic acids is 1. The van der Waals surface area contributed by atoms with Gasteiger partial charge in [0, 0.05) is 19.1 Å². The Morgan fingerprint density at radius 1 is 0.970 bits per heavy atom. The van der Waals surface area contributed by atoms with Gasteiger partial charge < -0.3 is 14.8 Å². The number of amides is 1. The van der Waals surface area contributed by atoms with E-state index in [0.29, 0.717) is 40.4 Å². The number of hydrogen-bond donors (Lipinski definition) is 1. The molecule has 0 saturated heterocycles. The highest BCUT2D eigenvalue weighted by molar-refractivity contribution is 9.11. The Kier molecular flexibility index (Phi) is 9.12. The van der Waals surface area contributed by atoms with Crippen LogP contribution in [0, 0.1) is 11.3 Å². The third-order valence-electron chi connectivity index (χ3n) is 4.44. The van der Waals surface area contributed by atoms with Gasteiger partial charge in [-0.2, -0.15) is 5.26 Å². The van der Waals surface area contributed by atoms with E-state index in [1.54, 1.807) is 24.3 Å². The molecule has 0 aliphatic rings. The average Bonchev–Trinajstić information content (AvgIpc) is 2.80. The van der Waals surface area contributed by atoms with Gasteiger partial charge in [-0.15, -0.1) is 0 Å². The lowest BCUT2D eigenvalue weighted by atomic mass is 10.1. The van der Waals surface area contributed by atoms with E-state index in [9.17, 15) is 10.1 Å². The Labute approximate surface area is 217 Å². The van der Waals surface area contributed by atoms with E-state index in [1.807, 2.05) is 49.4 Å². The minimum absolute atomic E-state index is 0.0374. The molecule has 0 saturated carbocycles. The number of hydrogen-bond acceptors (Lipinski definition) is 4. The number of anilines is 1. The van der Waals surface area contributed by atoms with Gasteiger partial charge >= 0.3 is 0 Å². The molecule has 0 aliphatic carbocycles. The number of ether oxygens (including phenoxy) is 2. The monoisotopic (exact) mass is 632 g/mol. The number of nitrogens with zero attached hydrogens (tertiary/aromatic N) is 1. The number of benzene rings is 3. The summed E-state index contributed by atoms with van der Waals surface area (Å²) in [6.07, 6.45) is 1.51. The Morgan fingerprint density at radius 3 is 2.18 bits per heavy atom. The van der Waals surface area contributed by atoms with Gasteiger partial charge in [0.2, 0.25) is 0 Å². The molecule has 0 aromatic heterocycles. The number of carbonyl (C=O) groups is 1. The highest BCUT2D eigenvalue weighted by atomic mass is 79.9. The molecular weight excluding hydrogens is 616 g/mol. The molecule has 168 valence electrons. The lowest BCUT2D eigenvalue weighted by molar-refractivity contribution is -0.112. The van der Waals surface area contributed by atoms with Crippen LogP contribution in [0.3, 0.4) is 0 Å². The first-order chi connectivity index (χ1) is 15.9. The molecule has 3 aromatic carbocycles. The molecule has 0 spiro atoms. The van der Waals surface area contributed by atoms with Crippen molar-refractivity contribution in [1.29, 1.82) is 5.26 Å². The molecule has 8 heteroatoms. The van der Waals surface area contributed by atoms with E-state index >= 15 is 0 Å². The minimum atomic E-state index is -0.500. The van der Waals surface area contributed by atoms with Crippen LogP contribution in [-0.2, 0) is 11.4 Å². The standard InChI is InChI=1S/C25H19Br3N2O3/c1-2-32-23-12-17(11-18(14-29)25(31)30-21-9-7-20(27)8-10-21)22(28)13-24(23)33-15-16-3-5-19(26)6-4-16/h3-13H,2,15H2,1H3,(H,30,31)/b18-11+. The largest absolute Gasteiger partial charge is 0.490 e. The summed E-state index contributed by atoms with van der Waals surface area (Å²) < 4.78 is 14.3. The molecule has 5 nitrogen and oxygen atoms in total. The maximum Gasteiger partial charge on any atom is 0.266 e. The van der Waals surface area contributed by atoms with Crippen LogP contribution in [-0.4, -0.2) is 12.5 Å². The van der Waals surface area contributed by atoms with Crippen molar-refractivity contribution < 1.29 is 14.3 Å². The predicted octanol–water partition coefficient (Wildman–Crippen LogP) is 7.50. The van der Waals surface area contributed by atoms with Crippen LogP contribution in [0.5, 0.6) is 11.5 Å². The van der Waals surface area contributed by atoms with E-state index in [1.165, 1.54) is 6.08 Å². The fourth-order valence-corrected chi connectivity index (χ4v) is 3.79. The smallest absolute Gasteiger partial charge is 0.266 e. The Hall–Kier alpha value is -2.60. The van der Waals surface area contributed by atoms with Crippen molar-refractivity contribution in [2.45, 2.75) is 13.5 Å². The Bertz CT molecular complexity index is 1200. The van der Waals surface area contributed by atoms with Crippen LogP contribution >= 0.6 is 47.8 Å². The van der Waals surface area contributed by atoms with Gasteiger partial charge in [-0.1, -0.05) is 59.9 Å². The Balaban J connectivity index is 1.83. The van der Waals surface area contributed by atoms with Crippen LogP contribution in [0.25, 0.3) is 6.08 Å². The summed E-state index contributed by atoms with van der Waals surface area (Å²) >= 11 is 10.3. The highest BCUT2D eigenvalue weighted by Gasteiger charge is 2.14. The molecule has 0 bridgehead atoms. The van der Waals surface area contributed by atoms with Gasteiger partial charge in [0.1, 0.15) is 18.2 Å². The van der Waals surface area contributed by atoms with Gasteiger partial charge in [0.05, 0.1) is 6.61 Å². The SMILES string of the molecule is CCOc1cc(/C=C(\C#N)C(=O)Nc2ccc(Br)cc2)c(Br)cc1OCc1ccc(Br)cc1. The summed E-state index contributed by atoms with van der Waals surface area (Å²) in [5.74, 6) is 0.580. The first kappa shape index (κ1) is 25.0. The maximum absolute atomic E-state index is 12.6. The fraction of sp³-hybridized carbons (Fsp3) is 0.120. The van der Waals surface area contributed by atoms with E-state index in [4.69, 9.17) is 9.47 Å². The molecular formula is C25H19Br3N2O3. The number of nitrogens with one attached hydrogen (secondary N) is 1. The maximum atomic E-state index is 12.6. The second-order valence-electron chi connectivity index (χ2n) is 6.80.